The van der Waals surface area contributed by atoms with Gasteiger partial charge in [0.1, 0.15) is 12.4 Å². The zero-order chi connectivity index (χ0) is 21.9. The molecule has 0 aliphatic heterocycles. The quantitative estimate of drug-likeness (QED) is 0.497. The SMILES string of the molecule is O=C(O)NC(Cc1ccccc1)C(=O)NC(/C=C/c1ccncn1)Cc1ccccc1. The third-order valence-corrected chi connectivity index (χ3v) is 4.63. The summed E-state index contributed by atoms with van der Waals surface area (Å²) in [6.45, 7) is 0. The van der Waals surface area contributed by atoms with Gasteiger partial charge >= 0.3 is 6.09 Å². The Balaban J connectivity index is 1.76. The van der Waals surface area contributed by atoms with Crippen molar-refractivity contribution >= 4 is 18.1 Å². The minimum atomic E-state index is -1.24. The van der Waals surface area contributed by atoms with Crippen LogP contribution in [-0.4, -0.2) is 39.2 Å². The van der Waals surface area contributed by atoms with E-state index in [4.69, 9.17) is 0 Å². The predicted octanol–water partition coefficient (Wildman–Crippen LogP) is 3.10. The first-order chi connectivity index (χ1) is 15.1. The molecule has 0 fully saturated rings. The van der Waals surface area contributed by atoms with Gasteiger partial charge in [-0.1, -0.05) is 66.7 Å². The van der Waals surface area contributed by atoms with Crippen LogP contribution < -0.4 is 10.6 Å². The molecule has 2 amide bonds. The molecule has 158 valence electrons. The smallest absolute Gasteiger partial charge is 0.405 e. The maximum atomic E-state index is 13.0. The average molecular weight is 416 g/mol. The second kappa shape index (κ2) is 11.3. The molecule has 1 aromatic heterocycles. The number of carbonyl (C=O) groups excluding carboxylic acids is 1. The number of hydrogen-bond acceptors (Lipinski definition) is 4. The van der Waals surface area contributed by atoms with Crippen molar-refractivity contribution in [2.45, 2.75) is 24.9 Å². The number of nitrogens with zero attached hydrogens (tertiary/aromatic N) is 2. The van der Waals surface area contributed by atoms with Crippen LogP contribution in [0.25, 0.3) is 6.08 Å². The highest BCUT2D eigenvalue weighted by molar-refractivity contribution is 5.86. The average Bonchev–Trinajstić information content (AvgIpc) is 2.79. The maximum absolute atomic E-state index is 13.0. The molecule has 7 nitrogen and oxygen atoms in total. The molecule has 0 bridgehead atoms. The summed E-state index contributed by atoms with van der Waals surface area (Å²) >= 11 is 0. The summed E-state index contributed by atoms with van der Waals surface area (Å²) < 4.78 is 0. The first kappa shape index (κ1) is 21.7. The molecular weight excluding hydrogens is 392 g/mol. The molecule has 0 radical (unpaired) electrons. The summed E-state index contributed by atoms with van der Waals surface area (Å²) in [7, 11) is 0. The van der Waals surface area contributed by atoms with Gasteiger partial charge in [-0.15, -0.1) is 0 Å². The summed E-state index contributed by atoms with van der Waals surface area (Å²) in [5.74, 6) is -0.389. The summed E-state index contributed by atoms with van der Waals surface area (Å²) in [6, 6.07) is 19.6. The third-order valence-electron chi connectivity index (χ3n) is 4.63. The molecule has 0 aliphatic carbocycles. The van der Waals surface area contributed by atoms with Gasteiger partial charge in [0, 0.05) is 12.6 Å². The molecule has 0 saturated carbocycles. The van der Waals surface area contributed by atoms with Crippen LogP contribution in [0.5, 0.6) is 0 Å². The van der Waals surface area contributed by atoms with E-state index in [-0.39, 0.29) is 18.4 Å². The van der Waals surface area contributed by atoms with Gasteiger partial charge in [-0.2, -0.15) is 0 Å². The lowest BCUT2D eigenvalue weighted by atomic mass is 10.0. The number of carboxylic acid groups (broad SMARTS) is 1. The fourth-order valence-corrected chi connectivity index (χ4v) is 3.14. The van der Waals surface area contributed by atoms with Crippen LogP contribution >= 0.6 is 0 Å². The van der Waals surface area contributed by atoms with Crippen LogP contribution in [0.1, 0.15) is 16.8 Å². The molecule has 2 unspecified atom stereocenters. The van der Waals surface area contributed by atoms with E-state index in [0.717, 1.165) is 11.1 Å². The Kier molecular flexibility index (Phi) is 7.88. The highest BCUT2D eigenvalue weighted by Crippen LogP contribution is 2.08. The second-order valence-corrected chi connectivity index (χ2v) is 6.99. The van der Waals surface area contributed by atoms with Crippen molar-refractivity contribution in [3.8, 4) is 0 Å². The van der Waals surface area contributed by atoms with E-state index in [2.05, 4.69) is 20.6 Å². The number of amides is 2. The molecule has 3 N–H and O–H groups in total. The third kappa shape index (κ3) is 7.40. The van der Waals surface area contributed by atoms with Crippen LogP contribution in [0.4, 0.5) is 4.79 Å². The Labute approximate surface area is 180 Å². The van der Waals surface area contributed by atoms with E-state index in [1.165, 1.54) is 6.33 Å². The lowest BCUT2D eigenvalue weighted by Gasteiger charge is -2.21. The van der Waals surface area contributed by atoms with Crippen LogP contribution in [0, 0.1) is 0 Å². The van der Waals surface area contributed by atoms with Gasteiger partial charge in [0.25, 0.3) is 0 Å². The van der Waals surface area contributed by atoms with E-state index in [1.807, 2.05) is 72.8 Å². The first-order valence-electron chi connectivity index (χ1n) is 9.92. The molecule has 0 aliphatic rings. The Morgan fingerprint density at radius 2 is 1.55 bits per heavy atom. The van der Waals surface area contributed by atoms with E-state index in [1.54, 1.807) is 12.3 Å². The summed E-state index contributed by atoms with van der Waals surface area (Å²) in [5.41, 5.74) is 2.63. The Hall–Kier alpha value is -4.00. The molecule has 0 saturated heterocycles. The van der Waals surface area contributed by atoms with Crippen molar-refractivity contribution in [3.05, 3.63) is 102 Å². The number of hydrogen-bond donors (Lipinski definition) is 3. The maximum Gasteiger partial charge on any atom is 0.405 e. The topological polar surface area (TPSA) is 104 Å². The lowest BCUT2D eigenvalue weighted by Crippen LogP contribution is -2.50. The summed E-state index contributed by atoms with van der Waals surface area (Å²) in [5, 5.41) is 14.5. The van der Waals surface area contributed by atoms with Crippen LogP contribution in [0.3, 0.4) is 0 Å². The molecule has 2 atom stereocenters. The number of carbonyl (C=O) groups is 2. The van der Waals surface area contributed by atoms with Crippen molar-refractivity contribution in [2.75, 3.05) is 0 Å². The van der Waals surface area contributed by atoms with Crippen LogP contribution in [0.15, 0.2) is 85.3 Å². The lowest BCUT2D eigenvalue weighted by molar-refractivity contribution is -0.123. The first-order valence-corrected chi connectivity index (χ1v) is 9.92. The van der Waals surface area contributed by atoms with Crippen LogP contribution in [0.2, 0.25) is 0 Å². The van der Waals surface area contributed by atoms with Crippen molar-refractivity contribution in [1.29, 1.82) is 0 Å². The van der Waals surface area contributed by atoms with Gasteiger partial charge in [-0.25, -0.2) is 14.8 Å². The zero-order valence-electron chi connectivity index (χ0n) is 16.9. The second-order valence-electron chi connectivity index (χ2n) is 6.99. The monoisotopic (exact) mass is 416 g/mol. The fourth-order valence-electron chi connectivity index (χ4n) is 3.14. The van der Waals surface area contributed by atoms with Gasteiger partial charge in [0.2, 0.25) is 5.91 Å². The number of nitrogens with one attached hydrogen (secondary N) is 2. The fraction of sp³-hybridized carbons (Fsp3) is 0.167. The molecule has 7 heteroatoms. The Morgan fingerprint density at radius 1 is 0.903 bits per heavy atom. The van der Waals surface area contributed by atoms with E-state index in [0.29, 0.717) is 12.1 Å². The van der Waals surface area contributed by atoms with Crippen molar-refractivity contribution in [2.24, 2.45) is 0 Å². The molecular formula is C24H24N4O3. The summed E-state index contributed by atoms with van der Waals surface area (Å²) in [4.78, 5) is 32.3. The normalized spacial score (nSPS) is 12.8. The molecule has 31 heavy (non-hydrogen) atoms. The largest absolute Gasteiger partial charge is 0.465 e. The predicted molar refractivity (Wildman–Crippen MR) is 118 cm³/mol. The van der Waals surface area contributed by atoms with Crippen molar-refractivity contribution < 1.29 is 14.7 Å². The zero-order valence-corrected chi connectivity index (χ0v) is 16.9. The van der Waals surface area contributed by atoms with Crippen molar-refractivity contribution in [3.63, 3.8) is 0 Å². The van der Waals surface area contributed by atoms with E-state index >= 15 is 0 Å². The highest BCUT2D eigenvalue weighted by atomic mass is 16.4. The molecule has 1 heterocycles. The number of benzene rings is 2. The van der Waals surface area contributed by atoms with Gasteiger partial charge in [0.05, 0.1) is 11.7 Å². The van der Waals surface area contributed by atoms with E-state index in [9.17, 15) is 14.7 Å². The summed E-state index contributed by atoms with van der Waals surface area (Å²) in [6.07, 6.45) is 6.33. The van der Waals surface area contributed by atoms with Crippen LogP contribution in [-0.2, 0) is 17.6 Å². The number of aromatic nitrogens is 2. The number of rotatable bonds is 9. The van der Waals surface area contributed by atoms with Crippen molar-refractivity contribution in [1.82, 2.24) is 20.6 Å². The molecule has 0 spiro atoms. The standard InChI is InChI=1S/C24H24N4O3/c29-23(22(28-24(30)31)16-19-9-5-2-6-10-19)27-21(15-18-7-3-1-4-8-18)12-11-20-13-14-25-17-26-20/h1-14,17,21-22,28H,15-16H2,(H,27,29)(H,30,31)/b12-11+. The minimum Gasteiger partial charge on any atom is -0.465 e. The molecule has 3 aromatic rings. The van der Waals surface area contributed by atoms with Gasteiger partial charge in [-0.3, -0.25) is 4.79 Å². The van der Waals surface area contributed by atoms with Gasteiger partial charge in [-0.05, 0) is 29.7 Å². The molecule has 2 aromatic carbocycles. The van der Waals surface area contributed by atoms with E-state index < -0.39 is 12.1 Å². The Morgan fingerprint density at radius 3 is 2.13 bits per heavy atom. The molecule has 3 rings (SSSR count). The Bertz CT molecular complexity index is 995. The highest BCUT2D eigenvalue weighted by Gasteiger charge is 2.23. The van der Waals surface area contributed by atoms with Gasteiger partial charge < -0.3 is 15.7 Å². The minimum absolute atomic E-state index is 0.257. The van der Waals surface area contributed by atoms with Gasteiger partial charge in [0.15, 0.2) is 0 Å².